The van der Waals surface area contributed by atoms with Gasteiger partial charge in [-0.3, -0.25) is 9.59 Å². The SMILES string of the molecule is CC(NC=O)C(=O)O.c1ccc(CC2CCNC2)cc1. The molecular formula is C15H22N2O3. The van der Waals surface area contributed by atoms with E-state index in [1.165, 1.54) is 38.4 Å². The summed E-state index contributed by atoms with van der Waals surface area (Å²) in [6, 6.07) is 9.98. The van der Waals surface area contributed by atoms with Crippen LogP contribution in [-0.4, -0.2) is 36.6 Å². The number of hydrogen-bond donors (Lipinski definition) is 3. The second kappa shape index (κ2) is 9.09. The molecule has 2 unspecified atom stereocenters. The van der Waals surface area contributed by atoms with E-state index in [1.54, 1.807) is 0 Å². The number of aliphatic carboxylic acids is 1. The van der Waals surface area contributed by atoms with Crippen molar-refractivity contribution in [3.8, 4) is 0 Å². The molecule has 0 spiro atoms. The molecule has 5 nitrogen and oxygen atoms in total. The summed E-state index contributed by atoms with van der Waals surface area (Å²) in [4.78, 5) is 19.4. The quantitative estimate of drug-likeness (QED) is 0.703. The number of benzene rings is 1. The summed E-state index contributed by atoms with van der Waals surface area (Å²) >= 11 is 0. The molecule has 1 fully saturated rings. The second-order valence-electron chi connectivity index (χ2n) is 4.89. The van der Waals surface area contributed by atoms with E-state index in [4.69, 9.17) is 5.11 Å². The number of rotatable bonds is 5. The monoisotopic (exact) mass is 278 g/mol. The van der Waals surface area contributed by atoms with Gasteiger partial charge in [0.05, 0.1) is 0 Å². The Hall–Kier alpha value is -1.88. The zero-order valence-corrected chi connectivity index (χ0v) is 11.7. The smallest absolute Gasteiger partial charge is 0.325 e. The van der Waals surface area contributed by atoms with Crippen molar-refractivity contribution in [1.29, 1.82) is 0 Å². The second-order valence-corrected chi connectivity index (χ2v) is 4.89. The van der Waals surface area contributed by atoms with E-state index < -0.39 is 12.0 Å². The van der Waals surface area contributed by atoms with Crippen molar-refractivity contribution < 1.29 is 14.7 Å². The van der Waals surface area contributed by atoms with Crippen LogP contribution in [0.25, 0.3) is 0 Å². The molecule has 1 heterocycles. The molecule has 1 aliphatic rings. The summed E-state index contributed by atoms with van der Waals surface area (Å²) < 4.78 is 0. The minimum Gasteiger partial charge on any atom is -0.480 e. The first-order chi connectivity index (χ1) is 9.63. The average Bonchev–Trinajstić information content (AvgIpc) is 2.94. The van der Waals surface area contributed by atoms with E-state index in [0.29, 0.717) is 6.41 Å². The summed E-state index contributed by atoms with van der Waals surface area (Å²) in [6.07, 6.45) is 2.95. The zero-order valence-electron chi connectivity index (χ0n) is 11.7. The summed E-state index contributed by atoms with van der Waals surface area (Å²) in [5, 5.41) is 13.5. The summed E-state index contributed by atoms with van der Waals surface area (Å²) in [5.74, 6) is -0.163. The van der Waals surface area contributed by atoms with Gasteiger partial charge in [0.15, 0.2) is 0 Å². The number of hydrogen-bond acceptors (Lipinski definition) is 3. The number of amides is 1. The number of carboxylic acids is 1. The fourth-order valence-electron chi connectivity index (χ4n) is 2.01. The van der Waals surface area contributed by atoms with Gasteiger partial charge in [0.25, 0.3) is 0 Å². The number of carboxylic acid groups (broad SMARTS) is 1. The molecule has 1 aromatic carbocycles. The molecule has 5 heteroatoms. The summed E-state index contributed by atoms with van der Waals surface area (Å²) in [7, 11) is 0. The average molecular weight is 278 g/mol. The molecule has 0 bridgehead atoms. The lowest BCUT2D eigenvalue weighted by Crippen LogP contribution is -2.32. The van der Waals surface area contributed by atoms with Gasteiger partial charge in [0.2, 0.25) is 6.41 Å². The number of carbonyl (C=O) groups excluding carboxylic acids is 1. The molecule has 0 aromatic heterocycles. The molecule has 1 amide bonds. The predicted octanol–water partition coefficient (Wildman–Crippen LogP) is 1.04. The predicted molar refractivity (Wildman–Crippen MR) is 77.4 cm³/mol. The third-order valence-corrected chi connectivity index (χ3v) is 3.22. The number of carbonyl (C=O) groups is 2. The van der Waals surface area contributed by atoms with Gasteiger partial charge in [-0.1, -0.05) is 30.3 Å². The van der Waals surface area contributed by atoms with E-state index in [0.717, 1.165) is 5.92 Å². The Labute approximate surface area is 119 Å². The van der Waals surface area contributed by atoms with Crippen LogP contribution in [-0.2, 0) is 16.0 Å². The highest BCUT2D eigenvalue weighted by atomic mass is 16.4. The Morgan fingerprint density at radius 1 is 1.50 bits per heavy atom. The van der Waals surface area contributed by atoms with Crippen LogP contribution < -0.4 is 10.6 Å². The molecule has 1 aliphatic heterocycles. The van der Waals surface area contributed by atoms with E-state index >= 15 is 0 Å². The van der Waals surface area contributed by atoms with Crippen molar-refractivity contribution in [2.45, 2.75) is 25.8 Å². The Kier molecular flexibility index (Phi) is 7.35. The van der Waals surface area contributed by atoms with Gasteiger partial charge in [-0.05, 0) is 44.3 Å². The van der Waals surface area contributed by atoms with Crippen LogP contribution >= 0.6 is 0 Å². The van der Waals surface area contributed by atoms with Crippen LogP contribution in [0.3, 0.4) is 0 Å². The molecule has 2 atom stereocenters. The van der Waals surface area contributed by atoms with Gasteiger partial charge in [-0.15, -0.1) is 0 Å². The third kappa shape index (κ3) is 6.33. The van der Waals surface area contributed by atoms with Crippen molar-refractivity contribution in [2.75, 3.05) is 13.1 Å². The third-order valence-electron chi connectivity index (χ3n) is 3.22. The first kappa shape index (κ1) is 16.2. The molecular weight excluding hydrogens is 256 g/mol. The molecule has 0 radical (unpaired) electrons. The van der Waals surface area contributed by atoms with Crippen LogP contribution in [0, 0.1) is 5.92 Å². The van der Waals surface area contributed by atoms with Crippen LogP contribution in [0.4, 0.5) is 0 Å². The molecule has 0 saturated carbocycles. The molecule has 3 N–H and O–H groups in total. The van der Waals surface area contributed by atoms with Crippen LogP contribution in [0.1, 0.15) is 18.9 Å². The summed E-state index contributed by atoms with van der Waals surface area (Å²) in [5.41, 5.74) is 1.48. The largest absolute Gasteiger partial charge is 0.480 e. The van der Waals surface area contributed by atoms with Gasteiger partial charge in [0.1, 0.15) is 6.04 Å². The molecule has 0 aliphatic carbocycles. The van der Waals surface area contributed by atoms with Crippen LogP contribution in [0.2, 0.25) is 0 Å². The first-order valence-electron chi connectivity index (χ1n) is 6.80. The standard InChI is InChI=1S/C11H15N.C4H7NO3/c1-2-4-10(5-3-1)8-11-6-7-12-9-11;1-3(4(7)8)5-2-6/h1-5,11-12H,6-9H2;2-3H,1H3,(H,5,6)(H,7,8). The maximum atomic E-state index is 9.87. The highest BCUT2D eigenvalue weighted by Crippen LogP contribution is 2.14. The molecule has 1 aromatic rings. The lowest BCUT2D eigenvalue weighted by molar-refractivity contribution is -0.140. The fraction of sp³-hybridized carbons (Fsp3) is 0.467. The highest BCUT2D eigenvalue weighted by molar-refractivity contribution is 5.75. The van der Waals surface area contributed by atoms with Crippen LogP contribution in [0.15, 0.2) is 30.3 Å². The van der Waals surface area contributed by atoms with Crippen molar-refractivity contribution >= 4 is 12.4 Å². The van der Waals surface area contributed by atoms with Crippen molar-refractivity contribution in [1.82, 2.24) is 10.6 Å². The minimum atomic E-state index is -1.03. The fourth-order valence-corrected chi connectivity index (χ4v) is 2.01. The topological polar surface area (TPSA) is 78.4 Å². The van der Waals surface area contributed by atoms with E-state index in [1.807, 2.05) is 0 Å². The zero-order chi connectivity index (χ0) is 14.8. The first-order valence-corrected chi connectivity index (χ1v) is 6.80. The maximum Gasteiger partial charge on any atom is 0.325 e. The molecule has 1 saturated heterocycles. The molecule has 110 valence electrons. The van der Waals surface area contributed by atoms with Crippen molar-refractivity contribution in [3.05, 3.63) is 35.9 Å². The van der Waals surface area contributed by atoms with Gasteiger partial charge in [0, 0.05) is 0 Å². The maximum absolute atomic E-state index is 9.87. The van der Waals surface area contributed by atoms with E-state index in [2.05, 4.69) is 41.0 Å². The van der Waals surface area contributed by atoms with Crippen LogP contribution in [0.5, 0.6) is 0 Å². The lowest BCUT2D eigenvalue weighted by Gasteiger charge is -2.06. The Balaban J connectivity index is 0.000000221. The molecule has 20 heavy (non-hydrogen) atoms. The van der Waals surface area contributed by atoms with E-state index in [-0.39, 0.29) is 0 Å². The Bertz CT molecular complexity index is 403. The Morgan fingerprint density at radius 2 is 2.20 bits per heavy atom. The minimum absolute atomic E-state index is 0.360. The number of nitrogens with one attached hydrogen (secondary N) is 2. The van der Waals surface area contributed by atoms with Gasteiger partial charge in [-0.2, -0.15) is 0 Å². The van der Waals surface area contributed by atoms with Crippen molar-refractivity contribution in [2.24, 2.45) is 5.92 Å². The molecule has 2 rings (SSSR count). The van der Waals surface area contributed by atoms with Gasteiger partial charge >= 0.3 is 5.97 Å². The lowest BCUT2D eigenvalue weighted by atomic mass is 9.99. The van der Waals surface area contributed by atoms with Crippen molar-refractivity contribution in [3.63, 3.8) is 0 Å². The van der Waals surface area contributed by atoms with Gasteiger partial charge in [-0.25, -0.2) is 0 Å². The normalized spacial score (nSPS) is 18.6. The highest BCUT2D eigenvalue weighted by Gasteiger charge is 2.13. The summed E-state index contributed by atoms with van der Waals surface area (Å²) in [6.45, 7) is 3.79. The van der Waals surface area contributed by atoms with Gasteiger partial charge < -0.3 is 15.7 Å². The van der Waals surface area contributed by atoms with E-state index in [9.17, 15) is 9.59 Å². The Morgan fingerprint density at radius 3 is 2.65 bits per heavy atom.